The van der Waals surface area contributed by atoms with E-state index in [2.05, 4.69) is 15.9 Å². The minimum absolute atomic E-state index is 0.104. The van der Waals surface area contributed by atoms with Crippen LogP contribution in [0.15, 0.2) is 53.0 Å². The van der Waals surface area contributed by atoms with Crippen molar-refractivity contribution < 1.29 is 14.9 Å². The first-order valence-electron chi connectivity index (χ1n) is 6.78. The second-order valence-electron chi connectivity index (χ2n) is 5.29. The number of rotatable bonds is 5. The molecule has 0 amide bonds. The van der Waals surface area contributed by atoms with Gasteiger partial charge in [0.2, 0.25) is 0 Å². The third-order valence-corrected chi connectivity index (χ3v) is 3.82. The Morgan fingerprint density at radius 1 is 1.19 bits per heavy atom. The molecule has 3 nitrogen and oxygen atoms in total. The summed E-state index contributed by atoms with van der Waals surface area (Å²) in [7, 11) is 0. The van der Waals surface area contributed by atoms with Crippen LogP contribution in [0.25, 0.3) is 0 Å². The molecule has 2 atom stereocenters. The van der Waals surface area contributed by atoms with Gasteiger partial charge in [-0.05, 0) is 31.5 Å². The molecule has 0 heterocycles. The third-order valence-electron chi connectivity index (χ3n) is 3.33. The minimum atomic E-state index is -1.10. The Bertz CT molecular complexity index is 594. The first-order chi connectivity index (χ1) is 9.90. The zero-order chi connectivity index (χ0) is 15.5. The van der Waals surface area contributed by atoms with Gasteiger partial charge in [-0.1, -0.05) is 52.3 Å². The fourth-order valence-electron chi connectivity index (χ4n) is 2.08. The molecule has 0 spiro atoms. The number of halogens is 1. The van der Waals surface area contributed by atoms with Crippen molar-refractivity contribution in [1.82, 2.24) is 0 Å². The van der Waals surface area contributed by atoms with Gasteiger partial charge in [-0.3, -0.25) is 0 Å². The highest BCUT2D eigenvalue weighted by molar-refractivity contribution is 9.10. The van der Waals surface area contributed by atoms with Crippen molar-refractivity contribution in [1.29, 1.82) is 0 Å². The molecule has 21 heavy (non-hydrogen) atoms. The lowest BCUT2D eigenvalue weighted by molar-refractivity contribution is 0.00654. The smallest absolute Gasteiger partial charge is 0.126 e. The number of aliphatic hydroxyl groups excluding tert-OH is 1. The van der Waals surface area contributed by atoms with Gasteiger partial charge in [-0.2, -0.15) is 0 Å². The molecular weight excluding hydrogens is 332 g/mol. The van der Waals surface area contributed by atoms with Crippen molar-refractivity contribution in [3.05, 3.63) is 64.1 Å². The second kappa shape index (κ2) is 6.60. The van der Waals surface area contributed by atoms with Gasteiger partial charge >= 0.3 is 0 Å². The van der Waals surface area contributed by atoms with Crippen LogP contribution in [0.2, 0.25) is 0 Å². The SMILES string of the molecule is CC(O)c1ccc(Br)cc1OCC(C)(O)c1ccccc1. The van der Waals surface area contributed by atoms with E-state index < -0.39 is 11.7 Å². The maximum atomic E-state index is 10.5. The molecule has 2 unspecified atom stereocenters. The minimum Gasteiger partial charge on any atom is -0.490 e. The van der Waals surface area contributed by atoms with Crippen molar-refractivity contribution in [2.45, 2.75) is 25.6 Å². The fraction of sp³-hybridized carbons (Fsp3) is 0.294. The van der Waals surface area contributed by atoms with Crippen LogP contribution in [0, 0.1) is 0 Å². The predicted octanol–water partition coefficient (Wildman–Crippen LogP) is 3.79. The van der Waals surface area contributed by atoms with Gasteiger partial charge in [0.15, 0.2) is 0 Å². The quantitative estimate of drug-likeness (QED) is 0.862. The van der Waals surface area contributed by atoms with Gasteiger partial charge in [0, 0.05) is 10.0 Å². The van der Waals surface area contributed by atoms with Crippen LogP contribution >= 0.6 is 15.9 Å². The Hall–Kier alpha value is -1.36. The van der Waals surface area contributed by atoms with Crippen molar-refractivity contribution in [3.63, 3.8) is 0 Å². The molecule has 2 aromatic carbocycles. The second-order valence-corrected chi connectivity index (χ2v) is 6.20. The fourth-order valence-corrected chi connectivity index (χ4v) is 2.42. The van der Waals surface area contributed by atoms with Gasteiger partial charge < -0.3 is 14.9 Å². The van der Waals surface area contributed by atoms with Gasteiger partial charge in [0.05, 0.1) is 6.10 Å². The van der Waals surface area contributed by atoms with E-state index in [1.807, 2.05) is 36.4 Å². The summed E-state index contributed by atoms with van der Waals surface area (Å²) in [6, 6.07) is 14.8. The van der Waals surface area contributed by atoms with Crippen molar-refractivity contribution in [2.24, 2.45) is 0 Å². The monoisotopic (exact) mass is 350 g/mol. The molecule has 112 valence electrons. The summed E-state index contributed by atoms with van der Waals surface area (Å²) >= 11 is 3.39. The van der Waals surface area contributed by atoms with E-state index in [0.717, 1.165) is 10.0 Å². The molecule has 0 aliphatic carbocycles. The van der Waals surface area contributed by atoms with E-state index in [0.29, 0.717) is 11.3 Å². The first kappa shape index (κ1) is 16.0. The van der Waals surface area contributed by atoms with Crippen molar-refractivity contribution >= 4 is 15.9 Å². The van der Waals surface area contributed by atoms with E-state index in [-0.39, 0.29) is 6.61 Å². The summed E-state index contributed by atoms with van der Waals surface area (Å²) in [5.41, 5.74) is 0.389. The molecule has 4 heteroatoms. The van der Waals surface area contributed by atoms with E-state index in [4.69, 9.17) is 4.74 Å². The maximum absolute atomic E-state index is 10.5. The van der Waals surface area contributed by atoms with E-state index in [1.165, 1.54) is 0 Å². The number of hydrogen-bond donors (Lipinski definition) is 2. The molecule has 0 bridgehead atoms. The van der Waals surface area contributed by atoms with E-state index in [1.54, 1.807) is 26.0 Å². The lowest BCUT2D eigenvalue weighted by Crippen LogP contribution is -2.29. The molecule has 2 rings (SSSR count). The Kier molecular flexibility index (Phi) is 5.04. The molecule has 0 saturated heterocycles. The van der Waals surface area contributed by atoms with E-state index in [9.17, 15) is 10.2 Å². The van der Waals surface area contributed by atoms with Gasteiger partial charge in [-0.25, -0.2) is 0 Å². The average molecular weight is 351 g/mol. The molecular formula is C17H19BrO3. The summed E-state index contributed by atoms with van der Waals surface area (Å²) in [4.78, 5) is 0. The molecule has 0 aromatic heterocycles. The van der Waals surface area contributed by atoms with Crippen LogP contribution in [0.5, 0.6) is 5.75 Å². The summed E-state index contributed by atoms with van der Waals surface area (Å²) in [6.45, 7) is 3.50. The molecule has 0 radical (unpaired) electrons. The largest absolute Gasteiger partial charge is 0.490 e. The summed E-state index contributed by atoms with van der Waals surface area (Å²) in [5, 5.41) is 20.3. The topological polar surface area (TPSA) is 49.7 Å². The van der Waals surface area contributed by atoms with Crippen LogP contribution in [0.1, 0.15) is 31.1 Å². The zero-order valence-electron chi connectivity index (χ0n) is 12.1. The van der Waals surface area contributed by atoms with Crippen LogP contribution in [-0.4, -0.2) is 16.8 Å². The lowest BCUT2D eigenvalue weighted by Gasteiger charge is -2.25. The lowest BCUT2D eigenvalue weighted by atomic mass is 9.97. The molecule has 2 aromatic rings. The Balaban J connectivity index is 2.18. The molecule has 2 N–H and O–H groups in total. The molecule has 0 aliphatic rings. The maximum Gasteiger partial charge on any atom is 0.126 e. The van der Waals surface area contributed by atoms with E-state index >= 15 is 0 Å². The zero-order valence-corrected chi connectivity index (χ0v) is 13.7. The summed E-state index contributed by atoms with van der Waals surface area (Å²) < 4.78 is 6.62. The summed E-state index contributed by atoms with van der Waals surface area (Å²) in [5.74, 6) is 0.565. The van der Waals surface area contributed by atoms with Crippen LogP contribution < -0.4 is 4.74 Å². The highest BCUT2D eigenvalue weighted by Crippen LogP contribution is 2.30. The number of aliphatic hydroxyl groups is 2. The predicted molar refractivity (Wildman–Crippen MR) is 86.3 cm³/mol. The van der Waals surface area contributed by atoms with Crippen LogP contribution in [-0.2, 0) is 5.60 Å². The Morgan fingerprint density at radius 2 is 1.86 bits per heavy atom. The normalized spacial score (nSPS) is 15.3. The van der Waals surface area contributed by atoms with Crippen molar-refractivity contribution in [2.75, 3.05) is 6.61 Å². The number of hydrogen-bond acceptors (Lipinski definition) is 3. The van der Waals surface area contributed by atoms with Crippen molar-refractivity contribution in [3.8, 4) is 5.75 Å². The Labute approximate surface area is 133 Å². The first-order valence-corrected chi connectivity index (χ1v) is 7.57. The Morgan fingerprint density at radius 3 is 2.48 bits per heavy atom. The van der Waals surface area contributed by atoms with Gasteiger partial charge in [0.1, 0.15) is 18.0 Å². The van der Waals surface area contributed by atoms with Gasteiger partial charge in [0.25, 0.3) is 0 Å². The summed E-state index contributed by atoms with van der Waals surface area (Å²) in [6.07, 6.45) is -0.630. The molecule has 0 aliphatic heterocycles. The molecule has 0 fully saturated rings. The average Bonchev–Trinajstić information content (AvgIpc) is 2.46. The van der Waals surface area contributed by atoms with Crippen LogP contribution in [0.4, 0.5) is 0 Å². The van der Waals surface area contributed by atoms with Gasteiger partial charge in [-0.15, -0.1) is 0 Å². The highest BCUT2D eigenvalue weighted by atomic mass is 79.9. The molecule has 0 saturated carbocycles. The number of ether oxygens (including phenoxy) is 1. The standard InChI is InChI=1S/C17H19BrO3/c1-12(19)15-9-8-14(18)10-16(15)21-11-17(2,20)13-6-4-3-5-7-13/h3-10,12,19-20H,11H2,1-2H3. The number of benzene rings is 2. The van der Waals surface area contributed by atoms with Crippen LogP contribution in [0.3, 0.4) is 0 Å². The highest BCUT2D eigenvalue weighted by Gasteiger charge is 2.24. The third kappa shape index (κ3) is 4.06.